The Morgan fingerprint density at radius 3 is 2.45 bits per heavy atom. The Morgan fingerprint density at radius 1 is 1.15 bits per heavy atom. The van der Waals surface area contributed by atoms with E-state index in [9.17, 15) is 10.1 Å². The fourth-order valence-corrected chi connectivity index (χ4v) is 2.42. The monoisotopic (exact) mass is 288 g/mol. The van der Waals surface area contributed by atoms with Gasteiger partial charge in [-0.05, 0) is 18.2 Å². The smallest absolute Gasteiger partial charge is 0.271 e. The normalized spacial score (nSPS) is 10.9. The molecule has 0 atom stereocenters. The molecular formula is C14H9ClN2O3. The van der Waals surface area contributed by atoms with Crippen LogP contribution in [0.4, 0.5) is 5.69 Å². The van der Waals surface area contributed by atoms with Gasteiger partial charge in [0.15, 0.2) is 0 Å². The van der Waals surface area contributed by atoms with Gasteiger partial charge < -0.3 is 4.74 Å². The van der Waals surface area contributed by atoms with Gasteiger partial charge in [0.2, 0.25) is 0 Å². The standard InChI is InChI=1S/C14H9ClN2O3/c1-20-9-3-5-11-13(7-9)16-12-6-8(17(18)19)2-4-10(12)14(11)15/h2-7H,1H3. The van der Waals surface area contributed by atoms with E-state index in [4.69, 9.17) is 16.3 Å². The number of halogens is 1. The molecular weight excluding hydrogens is 280 g/mol. The number of nitro benzene ring substituents is 1. The number of hydrogen-bond donors (Lipinski definition) is 0. The molecule has 20 heavy (non-hydrogen) atoms. The first-order valence-electron chi connectivity index (χ1n) is 5.81. The van der Waals surface area contributed by atoms with Crippen LogP contribution in [0, 0.1) is 10.1 Å². The van der Waals surface area contributed by atoms with Crippen molar-refractivity contribution in [2.45, 2.75) is 0 Å². The molecule has 0 bridgehead atoms. The molecule has 0 aliphatic heterocycles. The van der Waals surface area contributed by atoms with Crippen molar-refractivity contribution in [1.82, 2.24) is 4.98 Å². The highest BCUT2D eigenvalue weighted by Gasteiger charge is 2.12. The molecule has 5 nitrogen and oxygen atoms in total. The fourth-order valence-electron chi connectivity index (χ4n) is 2.10. The molecule has 0 unspecified atom stereocenters. The predicted octanol–water partition coefficient (Wildman–Crippen LogP) is 3.96. The van der Waals surface area contributed by atoms with Crippen molar-refractivity contribution in [3.63, 3.8) is 0 Å². The Balaban J connectivity index is 2.37. The van der Waals surface area contributed by atoms with Crippen LogP contribution in [-0.2, 0) is 0 Å². The van der Waals surface area contributed by atoms with Crippen LogP contribution in [0.2, 0.25) is 5.02 Å². The van der Waals surface area contributed by atoms with Crippen molar-refractivity contribution in [3.8, 4) is 5.75 Å². The molecule has 1 aromatic heterocycles. The van der Waals surface area contributed by atoms with Gasteiger partial charge in [-0.25, -0.2) is 4.98 Å². The van der Waals surface area contributed by atoms with Crippen molar-refractivity contribution in [2.75, 3.05) is 7.11 Å². The van der Waals surface area contributed by atoms with Crippen LogP contribution < -0.4 is 4.74 Å². The van der Waals surface area contributed by atoms with Gasteiger partial charge in [-0.1, -0.05) is 11.6 Å². The van der Waals surface area contributed by atoms with E-state index < -0.39 is 4.92 Å². The molecule has 0 amide bonds. The van der Waals surface area contributed by atoms with Crippen molar-refractivity contribution in [2.24, 2.45) is 0 Å². The highest BCUT2D eigenvalue weighted by molar-refractivity contribution is 6.40. The van der Waals surface area contributed by atoms with Crippen LogP contribution in [0.5, 0.6) is 5.75 Å². The number of fused-ring (bicyclic) bond motifs is 2. The van der Waals surface area contributed by atoms with Crippen LogP contribution >= 0.6 is 11.6 Å². The lowest BCUT2D eigenvalue weighted by Gasteiger charge is -2.07. The Morgan fingerprint density at radius 2 is 1.80 bits per heavy atom. The minimum atomic E-state index is -0.454. The number of nitrogens with zero attached hydrogens (tertiary/aromatic N) is 2. The maximum atomic E-state index is 10.8. The average Bonchev–Trinajstić information content (AvgIpc) is 2.46. The fraction of sp³-hybridized carbons (Fsp3) is 0.0714. The van der Waals surface area contributed by atoms with Gasteiger partial charge in [-0.2, -0.15) is 0 Å². The van der Waals surface area contributed by atoms with Crippen LogP contribution in [0.15, 0.2) is 36.4 Å². The summed E-state index contributed by atoms with van der Waals surface area (Å²) in [5, 5.41) is 12.8. The van der Waals surface area contributed by atoms with Gasteiger partial charge in [0, 0.05) is 29.0 Å². The highest BCUT2D eigenvalue weighted by Crippen LogP contribution is 2.33. The largest absolute Gasteiger partial charge is 0.497 e. The lowest BCUT2D eigenvalue weighted by Crippen LogP contribution is -1.91. The molecule has 3 rings (SSSR count). The first-order valence-corrected chi connectivity index (χ1v) is 6.19. The molecule has 0 N–H and O–H groups in total. The molecule has 0 spiro atoms. The molecule has 0 radical (unpaired) electrons. The second-order valence-corrected chi connectivity index (χ2v) is 4.65. The number of nitro groups is 1. The van der Waals surface area contributed by atoms with Crippen molar-refractivity contribution < 1.29 is 9.66 Å². The number of aromatic nitrogens is 1. The molecule has 0 aliphatic carbocycles. The van der Waals surface area contributed by atoms with Gasteiger partial charge in [0.1, 0.15) is 5.75 Å². The van der Waals surface area contributed by atoms with Gasteiger partial charge in [-0.15, -0.1) is 0 Å². The highest BCUT2D eigenvalue weighted by atomic mass is 35.5. The van der Waals surface area contributed by atoms with E-state index >= 15 is 0 Å². The summed E-state index contributed by atoms with van der Waals surface area (Å²) >= 11 is 6.35. The SMILES string of the molecule is COc1ccc2c(Cl)c3ccc([N+](=O)[O-])cc3nc2c1. The summed E-state index contributed by atoms with van der Waals surface area (Å²) in [5.74, 6) is 0.658. The maximum Gasteiger partial charge on any atom is 0.271 e. The zero-order chi connectivity index (χ0) is 14.3. The zero-order valence-electron chi connectivity index (χ0n) is 10.5. The third-order valence-electron chi connectivity index (χ3n) is 3.11. The minimum Gasteiger partial charge on any atom is -0.497 e. The second kappa shape index (κ2) is 4.61. The Hall–Kier alpha value is -2.40. The van der Waals surface area contributed by atoms with Gasteiger partial charge in [0.05, 0.1) is 28.1 Å². The topological polar surface area (TPSA) is 65.3 Å². The quantitative estimate of drug-likeness (QED) is 0.407. The molecule has 3 aromatic rings. The van der Waals surface area contributed by atoms with E-state index in [0.717, 1.165) is 5.39 Å². The van der Waals surface area contributed by atoms with Gasteiger partial charge in [-0.3, -0.25) is 10.1 Å². The van der Waals surface area contributed by atoms with E-state index in [2.05, 4.69) is 4.98 Å². The van der Waals surface area contributed by atoms with Crippen molar-refractivity contribution >= 4 is 39.1 Å². The van der Waals surface area contributed by atoms with E-state index in [0.29, 0.717) is 27.2 Å². The van der Waals surface area contributed by atoms with E-state index in [1.165, 1.54) is 12.1 Å². The lowest BCUT2D eigenvalue weighted by molar-refractivity contribution is -0.384. The number of hydrogen-bond acceptors (Lipinski definition) is 4. The van der Waals surface area contributed by atoms with Gasteiger partial charge >= 0.3 is 0 Å². The van der Waals surface area contributed by atoms with Crippen molar-refractivity contribution in [1.29, 1.82) is 0 Å². The molecule has 100 valence electrons. The predicted molar refractivity (Wildman–Crippen MR) is 77.5 cm³/mol. The molecule has 0 saturated heterocycles. The third-order valence-corrected chi connectivity index (χ3v) is 3.52. The van der Waals surface area contributed by atoms with Crippen LogP contribution in [0.25, 0.3) is 21.8 Å². The number of non-ortho nitro benzene ring substituents is 1. The molecule has 2 aromatic carbocycles. The van der Waals surface area contributed by atoms with E-state index in [1.807, 2.05) is 6.07 Å². The van der Waals surface area contributed by atoms with Gasteiger partial charge in [0.25, 0.3) is 5.69 Å². The van der Waals surface area contributed by atoms with Crippen LogP contribution in [0.3, 0.4) is 0 Å². The first-order chi connectivity index (χ1) is 9.60. The lowest BCUT2D eigenvalue weighted by atomic mass is 10.1. The Labute approximate surface area is 118 Å². The molecule has 0 aliphatic rings. The molecule has 6 heteroatoms. The summed E-state index contributed by atoms with van der Waals surface area (Å²) in [6, 6.07) is 9.83. The number of pyridine rings is 1. The van der Waals surface area contributed by atoms with Crippen LogP contribution in [-0.4, -0.2) is 17.0 Å². The number of rotatable bonds is 2. The van der Waals surface area contributed by atoms with E-state index in [-0.39, 0.29) is 5.69 Å². The number of ether oxygens (including phenoxy) is 1. The molecule has 0 fully saturated rings. The Kier molecular flexibility index (Phi) is 2.91. The summed E-state index contributed by atoms with van der Waals surface area (Å²) < 4.78 is 5.14. The first kappa shape index (κ1) is 12.6. The zero-order valence-corrected chi connectivity index (χ0v) is 11.2. The van der Waals surface area contributed by atoms with Crippen LogP contribution in [0.1, 0.15) is 0 Å². The Bertz CT molecular complexity index is 849. The average molecular weight is 289 g/mol. The molecule has 0 saturated carbocycles. The maximum absolute atomic E-state index is 10.8. The summed E-state index contributed by atoms with van der Waals surface area (Å²) in [4.78, 5) is 14.8. The summed E-state index contributed by atoms with van der Waals surface area (Å²) in [6.07, 6.45) is 0. The summed E-state index contributed by atoms with van der Waals surface area (Å²) in [7, 11) is 1.56. The molecule has 1 heterocycles. The van der Waals surface area contributed by atoms with Crippen molar-refractivity contribution in [3.05, 3.63) is 51.5 Å². The number of benzene rings is 2. The third kappa shape index (κ3) is 1.92. The summed E-state index contributed by atoms with van der Waals surface area (Å²) in [6.45, 7) is 0. The number of methoxy groups -OCH3 is 1. The summed E-state index contributed by atoms with van der Waals surface area (Å²) in [5.41, 5.74) is 1.12. The second-order valence-electron chi connectivity index (χ2n) is 4.27. The van der Waals surface area contributed by atoms with E-state index in [1.54, 1.807) is 25.3 Å². The minimum absolute atomic E-state index is 0.0108.